The van der Waals surface area contributed by atoms with Crippen LogP contribution < -0.4 is 0 Å². The van der Waals surface area contributed by atoms with E-state index in [1.165, 1.54) is 64.2 Å². The van der Waals surface area contributed by atoms with Crippen molar-refractivity contribution >= 4 is 11.6 Å². The summed E-state index contributed by atoms with van der Waals surface area (Å²) < 4.78 is 0. The Bertz CT molecular complexity index is 277. The Morgan fingerprint density at radius 2 is 0.950 bits per heavy atom. The van der Waals surface area contributed by atoms with Gasteiger partial charge in [0, 0.05) is 12.8 Å². The maximum atomic E-state index is 11.9. The van der Waals surface area contributed by atoms with E-state index in [1.807, 2.05) is 0 Å². The SMILES string of the molecule is O=C(CCC1CCCCC1)C(=O)CCC1CCCCC1. The molecule has 2 fully saturated rings. The first-order valence-electron chi connectivity index (χ1n) is 8.81. The van der Waals surface area contributed by atoms with Crippen LogP contribution in [0.1, 0.15) is 89.9 Å². The van der Waals surface area contributed by atoms with Gasteiger partial charge in [-0.3, -0.25) is 9.59 Å². The minimum absolute atomic E-state index is 0.0913. The first-order chi connectivity index (χ1) is 9.75. The van der Waals surface area contributed by atoms with Crippen molar-refractivity contribution in [3.05, 3.63) is 0 Å². The van der Waals surface area contributed by atoms with E-state index >= 15 is 0 Å². The zero-order chi connectivity index (χ0) is 14.2. The minimum Gasteiger partial charge on any atom is -0.291 e. The Morgan fingerprint density at radius 3 is 1.30 bits per heavy atom. The number of carbonyl (C=O) groups excluding carboxylic acids is 2. The highest BCUT2D eigenvalue weighted by Crippen LogP contribution is 2.29. The summed E-state index contributed by atoms with van der Waals surface area (Å²) >= 11 is 0. The number of Topliss-reactive ketones (excluding diaryl/α,β-unsaturated/α-hetero) is 2. The van der Waals surface area contributed by atoms with Gasteiger partial charge in [0.15, 0.2) is 11.6 Å². The molecule has 0 unspecified atom stereocenters. The molecule has 0 bridgehead atoms. The summed E-state index contributed by atoms with van der Waals surface area (Å²) in [5, 5.41) is 0. The lowest BCUT2D eigenvalue weighted by Gasteiger charge is -2.21. The summed E-state index contributed by atoms with van der Waals surface area (Å²) in [7, 11) is 0. The smallest absolute Gasteiger partial charge is 0.198 e. The van der Waals surface area contributed by atoms with E-state index in [0.717, 1.165) is 12.8 Å². The molecule has 0 heterocycles. The van der Waals surface area contributed by atoms with Crippen molar-refractivity contribution in [1.82, 2.24) is 0 Å². The largest absolute Gasteiger partial charge is 0.291 e. The molecule has 0 atom stereocenters. The second kappa shape index (κ2) is 8.59. The van der Waals surface area contributed by atoms with Gasteiger partial charge in [-0.1, -0.05) is 64.2 Å². The van der Waals surface area contributed by atoms with E-state index in [4.69, 9.17) is 0 Å². The van der Waals surface area contributed by atoms with Gasteiger partial charge in [0.1, 0.15) is 0 Å². The Morgan fingerprint density at radius 1 is 0.600 bits per heavy atom. The molecule has 0 aliphatic heterocycles. The molecule has 0 spiro atoms. The number of rotatable bonds is 7. The lowest BCUT2D eigenvalue weighted by molar-refractivity contribution is -0.137. The molecule has 2 aliphatic rings. The van der Waals surface area contributed by atoms with Crippen LogP contribution in [0.4, 0.5) is 0 Å². The molecule has 0 amide bonds. The zero-order valence-electron chi connectivity index (χ0n) is 12.9. The third-order valence-corrected chi connectivity index (χ3v) is 5.32. The maximum absolute atomic E-state index is 11.9. The maximum Gasteiger partial charge on any atom is 0.198 e. The van der Waals surface area contributed by atoms with Gasteiger partial charge in [-0.05, 0) is 24.7 Å². The van der Waals surface area contributed by atoms with E-state index in [9.17, 15) is 9.59 Å². The molecule has 2 rings (SSSR count). The first-order valence-corrected chi connectivity index (χ1v) is 8.81. The summed E-state index contributed by atoms with van der Waals surface area (Å²) in [4.78, 5) is 23.8. The lowest BCUT2D eigenvalue weighted by Crippen LogP contribution is -2.18. The van der Waals surface area contributed by atoms with Gasteiger partial charge in [-0.15, -0.1) is 0 Å². The number of carbonyl (C=O) groups is 2. The van der Waals surface area contributed by atoms with Crippen LogP contribution in [0.25, 0.3) is 0 Å². The molecule has 0 aromatic carbocycles. The Hall–Kier alpha value is -0.660. The third-order valence-electron chi connectivity index (χ3n) is 5.32. The second-order valence-electron chi connectivity index (χ2n) is 6.93. The van der Waals surface area contributed by atoms with Crippen molar-refractivity contribution in [2.24, 2.45) is 11.8 Å². The minimum atomic E-state index is -0.0913. The molecule has 2 aliphatic carbocycles. The Balaban J connectivity index is 1.59. The van der Waals surface area contributed by atoms with Gasteiger partial charge in [-0.2, -0.15) is 0 Å². The van der Waals surface area contributed by atoms with Crippen LogP contribution in [-0.2, 0) is 9.59 Å². The van der Waals surface area contributed by atoms with Gasteiger partial charge in [0.25, 0.3) is 0 Å². The highest BCUT2D eigenvalue weighted by molar-refractivity contribution is 6.37. The highest BCUT2D eigenvalue weighted by Gasteiger charge is 2.20. The molecule has 114 valence electrons. The van der Waals surface area contributed by atoms with Crippen molar-refractivity contribution in [3.8, 4) is 0 Å². The van der Waals surface area contributed by atoms with Crippen LogP contribution in [0.15, 0.2) is 0 Å². The van der Waals surface area contributed by atoms with Crippen LogP contribution >= 0.6 is 0 Å². The van der Waals surface area contributed by atoms with Crippen molar-refractivity contribution in [3.63, 3.8) is 0 Å². The van der Waals surface area contributed by atoms with E-state index < -0.39 is 0 Å². The molecule has 0 radical (unpaired) electrons. The van der Waals surface area contributed by atoms with E-state index in [0.29, 0.717) is 24.7 Å². The van der Waals surface area contributed by atoms with Crippen molar-refractivity contribution < 1.29 is 9.59 Å². The van der Waals surface area contributed by atoms with Gasteiger partial charge < -0.3 is 0 Å². The fourth-order valence-corrected chi connectivity index (χ4v) is 3.90. The topological polar surface area (TPSA) is 34.1 Å². The summed E-state index contributed by atoms with van der Waals surface area (Å²) in [6.07, 6.45) is 16.0. The molecule has 20 heavy (non-hydrogen) atoms. The third kappa shape index (κ3) is 5.38. The summed E-state index contributed by atoms with van der Waals surface area (Å²) in [5.74, 6) is 1.23. The zero-order valence-corrected chi connectivity index (χ0v) is 12.9. The molecule has 0 N–H and O–H groups in total. The highest BCUT2D eigenvalue weighted by atomic mass is 16.2. The van der Waals surface area contributed by atoms with Crippen LogP contribution in [0, 0.1) is 11.8 Å². The molecular formula is C18H30O2. The average molecular weight is 278 g/mol. The number of hydrogen-bond donors (Lipinski definition) is 0. The van der Waals surface area contributed by atoms with E-state index in [-0.39, 0.29) is 11.6 Å². The normalized spacial score (nSPS) is 21.8. The van der Waals surface area contributed by atoms with Crippen LogP contribution in [0.2, 0.25) is 0 Å². The predicted molar refractivity (Wildman–Crippen MR) is 81.6 cm³/mol. The van der Waals surface area contributed by atoms with Gasteiger partial charge in [0.2, 0.25) is 0 Å². The first kappa shape index (κ1) is 15.7. The Kier molecular flexibility index (Phi) is 6.75. The van der Waals surface area contributed by atoms with Crippen LogP contribution in [0.5, 0.6) is 0 Å². The molecule has 0 aromatic rings. The van der Waals surface area contributed by atoms with Crippen molar-refractivity contribution in [2.45, 2.75) is 89.9 Å². The molecule has 0 aromatic heterocycles. The monoisotopic (exact) mass is 278 g/mol. The van der Waals surface area contributed by atoms with Crippen molar-refractivity contribution in [1.29, 1.82) is 0 Å². The van der Waals surface area contributed by atoms with Gasteiger partial charge in [0.05, 0.1) is 0 Å². The summed E-state index contributed by atoms with van der Waals surface area (Å²) in [6, 6.07) is 0. The second-order valence-corrected chi connectivity index (χ2v) is 6.93. The standard InChI is InChI=1S/C18H30O2/c19-17(13-11-15-7-3-1-4-8-15)18(20)14-12-16-9-5-2-6-10-16/h15-16H,1-14H2. The molecule has 2 saturated carbocycles. The van der Waals surface area contributed by atoms with Crippen LogP contribution in [0.3, 0.4) is 0 Å². The van der Waals surface area contributed by atoms with Crippen LogP contribution in [-0.4, -0.2) is 11.6 Å². The quantitative estimate of drug-likeness (QED) is 0.624. The predicted octanol–water partition coefficient (Wildman–Crippen LogP) is 4.85. The number of ketones is 2. The fraction of sp³-hybridized carbons (Fsp3) is 0.889. The molecular weight excluding hydrogens is 248 g/mol. The van der Waals surface area contributed by atoms with Gasteiger partial charge in [-0.25, -0.2) is 0 Å². The van der Waals surface area contributed by atoms with Gasteiger partial charge >= 0.3 is 0 Å². The molecule has 2 heteroatoms. The molecule has 0 saturated heterocycles. The Labute approximate surface area is 123 Å². The average Bonchev–Trinajstić information content (AvgIpc) is 2.52. The van der Waals surface area contributed by atoms with E-state index in [2.05, 4.69) is 0 Å². The summed E-state index contributed by atoms with van der Waals surface area (Å²) in [6.45, 7) is 0. The number of hydrogen-bond acceptors (Lipinski definition) is 2. The van der Waals surface area contributed by atoms with Crippen molar-refractivity contribution in [2.75, 3.05) is 0 Å². The van der Waals surface area contributed by atoms with E-state index in [1.54, 1.807) is 0 Å². The molecule has 2 nitrogen and oxygen atoms in total. The summed E-state index contributed by atoms with van der Waals surface area (Å²) in [5.41, 5.74) is 0. The lowest BCUT2D eigenvalue weighted by atomic mass is 9.84. The fourth-order valence-electron chi connectivity index (χ4n) is 3.90.